The average molecular weight is 447 g/mol. The Morgan fingerprint density at radius 1 is 1.03 bits per heavy atom. The molecule has 0 aromatic heterocycles. The van der Waals surface area contributed by atoms with Crippen molar-refractivity contribution in [1.82, 2.24) is 5.32 Å². The van der Waals surface area contributed by atoms with E-state index in [2.05, 4.69) is 5.32 Å². The van der Waals surface area contributed by atoms with Gasteiger partial charge in [0, 0.05) is 7.05 Å². The molecule has 0 aliphatic rings. The lowest BCUT2D eigenvalue weighted by molar-refractivity contribution is 0.0940. The van der Waals surface area contributed by atoms with Gasteiger partial charge in [-0.3, -0.25) is 9.10 Å². The van der Waals surface area contributed by atoms with Crippen LogP contribution in [-0.4, -0.2) is 21.4 Å². The van der Waals surface area contributed by atoms with Gasteiger partial charge in [0.2, 0.25) is 0 Å². The SMILES string of the molecule is C[C@@H](NC(=O)c1ccc(N(C)S(=O)(=O)c2ccccc2)cc1Cl)c1ccc(F)cc1. The van der Waals surface area contributed by atoms with E-state index in [1.54, 1.807) is 37.3 Å². The summed E-state index contributed by atoms with van der Waals surface area (Å²) < 4.78 is 39.7. The molecule has 3 rings (SSSR count). The van der Waals surface area contributed by atoms with E-state index in [-0.39, 0.29) is 27.3 Å². The van der Waals surface area contributed by atoms with Gasteiger partial charge in [-0.05, 0) is 55.0 Å². The Labute approximate surface area is 180 Å². The summed E-state index contributed by atoms with van der Waals surface area (Å²) in [5.74, 6) is -0.776. The average Bonchev–Trinajstić information content (AvgIpc) is 2.74. The highest BCUT2D eigenvalue weighted by molar-refractivity contribution is 7.92. The van der Waals surface area contributed by atoms with E-state index in [0.717, 1.165) is 9.87 Å². The number of carbonyl (C=O) groups is 1. The Bertz CT molecular complexity index is 1150. The molecule has 3 aromatic rings. The van der Waals surface area contributed by atoms with Gasteiger partial charge in [0.1, 0.15) is 5.82 Å². The van der Waals surface area contributed by atoms with E-state index in [1.807, 2.05) is 0 Å². The molecule has 1 N–H and O–H groups in total. The van der Waals surface area contributed by atoms with E-state index < -0.39 is 15.9 Å². The van der Waals surface area contributed by atoms with Crippen molar-refractivity contribution in [1.29, 1.82) is 0 Å². The Balaban J connectivity index is 1.79. The first kappa shape index (κ1) is 21.8. The fourth-order valence-electron chi connectivity index (χ4n) is 2.88. The molecule has 0 saturated carbocycles. The lowest BCUT2D eigenvalue weighted by atomic mass is 10.1. The maximum atomic E-state index is 13.1. The van der Waals surface area contributed by atoms with Crippen molar-refractivity contribution in [2.75, 3.05) is 11.4 Å². The first-order chi connectivity index (χ1) is 14.2. The van der Waals surface area contributed by atoms with E-state index in [0.29, 0.717) is 5.69 Å². The molecule has 30 heavy (non-hydrogen) atoms. The lowest BCUT2D eigenvalue weighted by Crippen LogP contribution is -2.28. The fraction of sp³-hybridized carbons (Fsp3) is 0.136. The van der Waals surface area contributed by atoms with E-state index >= 15 is 0 Å². The van der Waals surface area contributed by atoms with Gasteiger partial charge in [0.25, 0.3) is 15.9 Å². The minimum Gasteiger partial charge on any atom is -0.345 e. The molecule has 0 heterocycles. The molecule has 0 bridgehead atoms. The first-order valence-corrected chi connectivity index (χ1v) is 10.9. The van der Waals surface area contributed by atoms with Gasteiger partial charge in [-0.15, -0.1) is 0 Å². The number of nitrogens with zero attached hydrogens (tertiary/aromatic N) is 1. The van der Waals surface area contributed by atoms with Gasteiger partial charge in [-0.25, -0.2) is 12.8 Å². The zero-order valence-electron chi connectivity index (χ0n) is 16.3. The van der Waals surface area contributed by atoms with Crippen LogP contribution in [0.5, 0.6) is 0 Å². The third-order valence-electron chi connectivity index (χ3n) is 4.68. The number of carbonyl (C=O) groups excluding carboxylic acids is 1. The quantitative estimate of drug-likeness (QED) is 0.591. The minimum atomic E-state index is -3.76. The van der Waals surface area contributed by atoms with Crippen LogP contribution in [0.25, 0.3) is 0 Å². The van der Waals surface area contributed by atoms with Gasteiger partial charge in [0.15, 0.2) is 0 Å². The molecule has 0 aliphatic carbocycles. The number of anilines is 1. The third kappa shape index (κ3) is 4.63. The van der Waals surface area contributed by atoms with Crippen molar-refractivity contribution in [3.8, 4) is 0 Å². The van der Waals surface area contributed by atoms with Crippen molar-refractivity contribution in [2.24, 2.45) is 0 Å². The van der Waals surface area contributed by atoms with Crippen LogP contribution in [-0.2, 0) is 10.0 Å². The smallest absolute Gasteiger partial charge is 0.264 e. The number of amides is 1. The molecule has 5 nitrogen and oxygen atoms in total. The normalized spacial score (nSPS) is 12.3. The first-order valence-electron chi connectivity index (χ1n) is 9.10. The number of halogens is 2. The standard InChI is InChI=1S/C22H20ClFN2O3S/c1-15(16-8-10-17(24)11-9-16)25-22(27)20-13-12-18(14-21(20)23)26(2)30(28,29)19-6-4-3-5-7-19/h3-15H,1-2H3,(H,25,27)/t15-/m1/s1. The summed E-state index contributed by atoms with van der Waals surface area (Å²) in [7, 11) is -2.34. The summed E-state index contributed by atoms with van der Waals surface area (Å²) in [4.78, 5) is 12.8. The van der Waals surface area contributed by atoms with Gasteiger partial charge in [-0.1, -0.05) is 41.9 Å². The predicted molar refractivity (Wildman–Crippen MR) is 116 cm³/mol. The van der Waals surface area contributed by atoms with Crippen molar-refractivity contribution in [3.63, 3.8) is 0 Å². The van der Waals surface area contributed by atoms with Crippen molar-refractivity contribution in [3.05, 3.63) is 94.8 Å². The number of hydrogen-bond donors (Lipinski definition) is 1. The number of hydrogen-bond acceptors (Lipinski definition) is 3. The van der Waals surface area contributed by atoms with Crippen LogP contribution in [0.1, 0.15) is 28.9 Å². The highest BCUT2D eigenvalue weighted by Crippen LogP contribution is 2.27. The highest BCUT2D eigenvalue weighted by Gasteiger charge is 2.22. The summed E-state index contributed by atoms with van der Waals surface area (Å²) in [6.07, 6.45) is 0. The van der Waals surface area contributed by atoms with E-state index in [4.69, 9.17) is 11.6 Å². The van der Waals surface area contributed by atoms with Crippen LogP contribution in [0.4, 0.5) is 10.1 Å². The highest BCUT2D eigenvalue weighted by atomic mass is 35.5. The Morgan fingerprint density at radius 2 is 1.67 bits per heavy atom. The number of benzene rings is 3. The maximum absolute atomic E-state index is 13.1. The molecular weight excluding hydrogens is 427 g/mol. The van der Waals surface area contributed by atoms with Gasteiger partial charge in [0.05, 0.1) is 27.2 Å². The van der Waals surface area contributed by atoms with Crippen LogP contribution in [0.15, 0.2) is 77.7 Å². The molecule has 0 spiro atoms. The summed E-state index contributed by atoms with van der Waals surface area (Å²) in [5.41, 5.74) is 1.28. The molecule has 3 aromatic carbocycles. The molecular formula is C22H20ClFN2O3S. The largest absolute Gasteiger partial charge is 0.345 e. The minimum absolute atomic E-state index is 0.117. The monoisotopic (exact) mass is 446 g/mol. The second-order valence-electron chi connectivity index (χ2n) is 6.70. The van der Waals surface area contributed by atoms with Crippen molar-refractivity contribution >= 4 is 33.2 Å². The maximum Gasteiger partial charge on any atom is 0.264 e. The summed E-state index contributed by atoms with van der Waals surface area (Å²) >= 11 is 6.28. The Morgan fingerprint density at radius 3 is 2.27 bits per heavy atom. The van der Waals surface area contributed by atoms with E-state index in [9.17, 15) is 17.6 Å². The van der Waals surface area contributed by atoms with Gasteiger partial charge in [-0.2, -0.15) is 0 Å². The number of rotatable bonds is 6. The van der Waals surface area contributed by atoms with Gasteiger partial charge < -0.3 is 5.32 Å². The second-order valence-corrected chi connectivity index (χ2v) is 9.07. The summed E-state index contributed by atoms with van der Waals surface area (Å²) in [5, 5.41) is 2.92. The fourth-order valence-corrected chi connectivity index (χ4v) is 4.35. The topological polar surface area (TPSA) is 66.5 Å². The van der Waals surface area contributed by atoms with Crippen LogP contribution < -0.4 is 9.62 Å². The van der Waals surface area contributed by atoms with Crippen molar-refractivity contribution in [2.45, 2.75) is 17.9 Å². The number of nitrogens with one attached hydrogen (secondary N) is 1. The predicted octanol–water partition coefficient (Wildman–Crippen LogP) is 4.80. The number of sulfonamides is 1. The van der Waals surface area contributed by atoms with Crippen LogP contribution >= 0.6 is 11.6 Å². The van der Waals surface area contributed by atoms with Gasteiger partial charge >= 0.3 is 0 Å². The van der Waals surface area contributed by atoms with Crippen LogP contribution in [0.3, 0.4) is 0 Å². The third-order valence-corrected chi connectivity index (χ3v) is 6.79. The summed E-state index contributed by atoms with van der Waals surface area (Å²) in [6.45, 7) is 1.77. The van der Waals surface area contributed by atoms with E-state index in [1.165, 1.54) is 49.5 Å². The molecule has 8 heteroatoms. The Kier molecular flexibility index (Phi) is 6.43. The molecule has 1 amide bonds. The molecule has 0 saturated heterocycles. The zero-order valence-corrected chi connectivity index (χ0v) is 17.9. The van der Waals surface area contributed by atoms with Crippen LogP contribution in [0, 0.1) is 5.82 Å². The Hall–Kier alpha value is -2.90. The zero-order chi connectivity index (χ0) is 21.9. The van der Waals surface area contributed by atoms with Crippen molar-refractivity contribution < 1.29 is 17.6 Å². The molecule has 0 fully saturated rings. The molecule has 0 aliphatic heterocycles. The molecule has 156 valence electrons. The molecule has 1 atom stereocenters. The lowest BCUT2D eigenvalue weighted by Gasteiger charge is -2.21. The molecule has 0 radical (unpaired) electrons. The second kappa shape index (κ2) is 8.85. The van der Waals surface area contributed by atoms with Crippen LogP contribution in [0.2, 0.25) is 5.02 Å². The molecule has 0 unspecified atom stereocenters. The summed E-state index contributed by atoms with van der Waals surface area (Å²) in [6, 6.07) is 17.9.